The smallest absolute Gasteiger partial charge is 0.250 e. The summed E-state index contributed by atoms with van der Waals surface area (Å²) < 4.78 is 25.9. The Morgan fingerprint density at radius 3 is 2.63 bits per heavy atom. The number of pyridine rings is 1. The zero-order valence-electron chi connectivity index (χ0n) is 16.8. The zero-order valence-corrected chi connectivity index (χ0v) is 17.6. The highest BCUT2D eigenvalue weighted by Crippen LogP contribution is 2.37. The van der Waals surface area contributed by atoms with Crippen LogP contribution in [0.4, 0.5) is 5.69 Å². The van der Waals surface area contributed by atoms with E-state index in [0.717, 1.165) is 29.4 Å². The molecule has 8 nitrogen and oxygen atoms in total. The fraction of sp³-hybridized carbons (Fsp3) is 0.333. The van der Waals surface area contributed by atoms with Gasteiger partial charge in [0.05, 0.1) is 22.5 Å². The Labute approximate surface area is 175 Å². The van der Waals surface area contributed by atoms with Crippen molar-refractivity contribution < 1.29 is 13.2 Å². The molecule has 0 saturated carbocycles. The van der Waals surface area contributed by atoms with Crippen molar-refractivity contribution >= 4 is 32.5 Å². The van der Waals surface area contributed by atoms with Crippen molar-refractivity contribution in [3.8, 4) is 11.3 Å². The van der Waals surface area contributed by atoms with E-state index < -0.39 is 15.9 Å². The normalized spacial score (nSPS) is 16.2. The summed E-state index contributed by atoms with van der Waals surface area (Å²) in [4.78, 5) is 19.7. The number of carbonyl (C=O) groups is 1. The molecule has 0 atom stereocenters. The first-order valence-electron chi connectivity index (χ1n) is 9.94. The van der Waals surface area contributed by atoms with E-state index in [9.17, 15) is 13.2 Å². The van der Waals surface area contributed by atoms with E-state index in [-0.39, 0.29) is 11.7 Å². The lowest BCUT2D eigenvalue weighted by Crippen LogP contribution is -2.38. The standard InChI is InChI=1S/C21H25N5O3S/c1-2-30(28,29)26-7-4-13(5-8-26)18-12-25-20-16(18)9-14(10-17(20)21(23)27)19-11-15(22)3-6-24-19/h3,6,9-13,25H,2,4-5,7-8H2,1H3,(H2,22,24)(H2,23,27). The molecule has 1 aliphatic rings. The van der Waals surface area contributed by atoms with Crippen molar-refractivity contribution in [3.05, 3.63) is 47.8 Å². The number of nitrogens with two attached hydrogens (primary N) is 2. The molecule has 1 aliphatic heterocycles. The topological polar surface area (TPSA) is 135 Å². The molecule has 158 valence electrons. The Hall–Kier alpha value is -2.91. The minimum Gasteiger partial charge on any atom is -0.399 e. The number of hydrogen-bond acceptors (Lipinski definition) is 5. The molecule has 0 radical (unpaired) electrons. The number of hydrogen-bond donors (Lipinski definition) is 3. The molecular weight excluding hydrogens is 402 g/mol. The van der Waals surface area contributed by atoms with E-state index in [1.165, 1.54) is 0 Å². The third-order valence-corrected chi connectivity index (χ3v) is 7.70. The minimum absolute atomic E-state index is 0.114. The van der Waals surface area contributed by atoms with E-state index in [1.807, 2.05) is 12.3 Å². The summed E-state index contributed by atoms with van der Waals surface area (Å²) in [5.74, 6) is -0.224. The Morgan fingerprint density at radius 2 is 2.00 bits per heavy atom. The van der Waals surface area contributed by atoms with E-state index >= 15 is 0 Å². The number of sulfonamides is 1. The Balaban J connectivity index is 1.74. The summed E-state index contributed by atoms with van der Waals surface area (Å²) in [5.41, 5.74) is 15.7. The summed E-state index contributed by atoms with van der Waals surface area (Å²) in [6, 6.07) is 7.18. The molecule has 0 aliphatic carbocycles. The van der Waals surface area contributed by atoms with Gasteiger partial charge < -0.3 is 16.5 Å². The van der Waals surface area contributed by atoms with E-state index in [1.54, 1.807) is 35.6 Å². The van der Waals surface area contributed by atoms with E-state index in [2.05, 4.69) is 9.97 Å². The number of anilines is 1. The van der Waals surface area contributed by atoms with Crippen LogP contribution in [-0.2, 0) is 10.0 Å². The Bertz CT molecular complexity index is 1210. The highest BCUT2D eigenvalue weighted by molar-refractivity contribution is 7.89. The summed E-state index contributed by atoms with van der Waals surface area (Å²) >= 11 is 0. The number of nitrogens with zero attached hydrogens (tertiary/aromatic N) is 2. The number of piperidine rings is 1. The first-order valence-corrected chi connectivity index (χ1v) is 11.6. The zero-order chi connectivity index (χ0) is 21.5. The van der Waals surface area contributed by atoms with Crippen LogP contribution in [0.1, 0.15) is 41.6 Å². The highest BCUT2D eigenvalue weighted by atomic mass is 32.2. The predicted molar refractivity (Wildman–Crippen MR) is 117 cm³/mol. The molecule has 5 N–H and O–H groups in total. The molecule has 1 saturated heterocycles. The molecule has 3 heterocycles. The van der Waals surface area contributed by atoms with Crippen LogP contribution < -0.4 is 11.5 Å². The lowest BCUT2D eigenvalue weighted by atomic mass is 9.89. The number of amides is 1. The van der Waals surface area contributed by atoms with Crippen molar-refractivity contribution in [2.75, 3.05) is 24.6 Å². The number of fused-ring (bicyclic) bond motifs is 1. The van der Waals surface area contributed by atoms with Crippen LogP contribution in [0.2, 0.25) is 0 Å². The number of rotatable bonds is 5. The molecular formula is C21H25N5O3S. The van der Waals surface area contributed by atoms with Gasteiger partial charge in [-0.25, -0.2) is 12.7 Å². The first kappa shape index (κ1) is 20.4. The van der Waals surface area contributed by atoms with Crippen molar-refractivity contribution in [2.45, 2.75) is 25.7 Å². The number of carbonyl (C=O) groups excluding carboxylic acids is 1. The van der Waals surface area contributed by atoms with Crippen molar-refractivity contribution in [1.29, 1.82) is 0 Å². The predicted octanol–water partition coefficient (Wildman–Crippen LogP) is 2.44. The first-order chi connectivity index (χ1) is 14.3. The van der Waals surface area contributed by atoms with Gasteiger partial charge in [0.25, 0.3) is 5.91 Å². The molecule has 2 aromatic heterocycles. The number of nitrogen functional groups attached to an aromatic ring is 1. The molecule has 1 fully saturated rings. The van der Waals surface area contributed by atoms with E-state index in [0.29, 0.717) is 35.6 Å². The summed E-state index contributed by atoms with van der Waals surface area (Å²) in [6.07, 6.45) is 4.97. The molecule has 1 aromatic carbocycles. The van der Waals surface area contributed by atoms with Gasteiger partial charge in [0.2, 0.25) is 10.0 Å². The van der Waals surface area contributed by atoms with Crippen LogP contribution in [0.5, 0.6) is 0 Å². The van der Waals surface area contributed by atoms with Gasteiger partial charge in [0.1, 0.15) is 0 Å². The van der Waals surface area contributed by atoms with E-state index in [4.69, 9.17) is 11.5 Å². The average molecular weight is 428 g/mol. The lowest BCUT2D eigenvalue weighted by Gasteiger charge is -2.31. The SMILES string of the molecule is CCS(=O)(=O)N1CCC(c2c[nH]c3c(C(N)=O)cc(-c4cc(N)ccn4)cc23)CC1. The molecule has 1 amide bonds. The molecule has 30 heavy (non-hydrogen) atoms. The summed E-state index contributed by atoms with van der Waals surface area (Å²) in [5, 5.41) is 0.905. The highest BCUT2D eigenvalue weighted by Gasteiger charge is 2.29. The van der Waals surface area contributed by atoms with Gasteiger partial charge >= 0.3 is 0 Å². The van der Waals surface area contributed by atoms with Gasteiger partial charge in [0.15, 0.2) is 0 Å². The Kier molecular flexibility index (Phi) is 5.25. The van der Waals surface area contributed by atoms with Gasteiger partial charge in [0, 0.05) is 42.1 Å². The largest absolute Gasteiger partial charge is 0.399 e. The average Bonchev–Trinajstić information content (AvgIpc) is 3.17. The van der Waals surface area contributed by atoms with Crippen LogP contribution in [0, 0.1) is 0 Å². The molecule has 4 rings (SSSR count). The number of benzene rings is 1. The van der Waals surface area contributed by atoms with Crippen molar-refractivity contribution in [2.24, 2.45) is 5.73 Å². The maximum Gasteiger partial charge on any atom is 0.250 e. The van der Waals surface area contributed by atoms with Crippen LogP contribution in [0.25, 0.3) is 22.2 Å². The van der Waals surface area contributed by atoms with Gasteiger partial charge in [-0.1, -0.05) is 0 Å². The van der Waals surface area contributed by atoms with Crippen LogP contribution in [0.3, 0.4) is 0 Å². The van der Waals surface area contributed by atoms with Gasteiger partial charge in [-0.05, 0) is 55.5 Å². The number of aromatic amines is 1. The fourth-order valence-corrected chi connectivity index (χ4v) is 5.30. The molecule has 0 spiro atoms. The lowest BCUT2D eigenvalue weighted by molar-refractivity contribution is 0.100. The van der Waals surface area contributed by atoms with Crippen LogP contribution in [-0.4, -0.2) is 47.4 Å². The monoisotopic (exact) mass is 427 g/mol. The number of nitrogens with one attached hydrogen (secondary N) is 1. The fourth-order valence-electron chi connectivity index (χ4n) is 4.17. The molecule has 9 heteroatoms. The quantitative estimate of drug-likeness (QED) is 0.575. The number of primary amides is 1. The second kappa shape index (κ2) is 7.73. The van der Waals surface area contributed by atoms with Gasteiger partial charge in [-0.2, -0.15) is 0 Å². The van der Waals surface area contributed by atoms with Crippen molar-refractivity contribution in [1.82, 2.24) is 14.3 Å². The number of aromatic nitrogens is 2. The Morgan fingerprint density at radius 1 is 1.27 bits per heavy atom. The minimum atomic E-state index is -3.18. The van der Waals surface area contributed by atoms with Gasteiger partial charge in [-0.15, -0.1) is 0 Å². The van der Waals surface area contributed by atoms with Gasteiger partial charge in [-0.3, -0.25) is 9.78 Å². The maximum atomic E-state index is 12.2. The molecule has 0 unspecified atom stereocenters. The van der Waals surface area contributed by atoms with Crippen LogP contribution in [0.15, 0.2) is 36.7 Å². The maximum absolute atomic E-state index is 12.2. The number of H-pyrrole nitrogens is 1. The second-order valence-corrected chi connectivity index (χ2v) is 9.86. The van der Waals surface area contributed by atoms with Crippen molar-refractivity contribution in [3.63, 3.8) is 0 Å². The third-order valence-electron chi connectivity index (χ3n) is 5.82. The molecule has 3 aromatic rings. The molecule has 0 bridgehead atoms. The second-order valence-electron chi connectivity index (χ2n) is 7.60. The third kappa shape index (κ3) is 3.66. The summed E-state index contributed by atoms with van der Waals surface area (Å²) in [7, 11) is -3.18. The summed E-state index contributed by atoms with van der Waals surface area (Å²) in [6.45, 7) is 2.65. The van der Waals surface area contributed by atoms with Crippen LogP contribution >= 0.6 is 0 Å².